The molecule has 0 aliphatic heterocycles. The van der Waals surface area contributed by atoms with Gasteiger partial charge in [-0.3, -0.25) is 4.79 Å². The first-order chi connectivity index (χ1) is 8.11. The molecular weight excluding hydrogens is 244 g/mol. The molecule has 1 aromatic rings. The van der Waals surface area contributed by atoms with Crippen molar-refractivity contribution < 1.29 is 13.6 Å². The zero-order valence-electron chi connectivity index (χ0n) is 9.20. The number of carbonyl (C=O) groups excluding carboxylic acids is 1. The Labute approximate surface area is 104 Å². The van der Waals surface area contributed by atoms with Gasteiger partial charge in [-0.25, -0.2) is 8.78 Å². The van der Waals surface area contributed by atoms with Crippen molar-refractivity contribution >= 4 is 24.2 Å². The van der Waals surface area contributed by atoms with Crippen molar-refractivity contribution in [1.29, 1.82) is 0 Å². The van der Waals surface area contributed by atoms with E-state index in [0.717, 1.165) is 18.9 Å². The highest BCUT2D eigenvalue weighted by Crippen LogP contribution is 2.33. The van der Waals surface area contributed by atoms with Crippen LogP contribution in [0.4, 0.5) is 14.5 Å². The van der Waals surface area contributed by atoms with Crippen molar-refractivity contribution in [3.63, 3.8) is 0 Å². The molecule has 17 heavy (non-hydrogen) atoms. The highest BCUT2D eigenvalue weighted by atomic mass is 32.1. The summed E-state index contributed by atoms with van der Waals surface area (Å²) >= 11 is 4.00. The van der Waals surface area contributed by atoms with Crippen molar-refractivity contribution in [2.45, 2.75) is 25.3 Å². The van der Waals surface area contributed by atoms with E-state index in [2.05, 4.69) is 12.6 Å². The Bertz CT molecular complexity index is 414. The monoisotopic (exact) mass is 257 g/mol. The lowest BCUT2D eigenvalue weighted by Gasteiger charge is -2.22. The van der Waals surface area contributed by atoms with Crippen LogP contribution in [0.25, 0.3) is 0 Å². The molecule has 1 saturated carbocycles. The second-order valence-electron chi connectivity index (χ2n) is 4.10. The van der Waals surface area contributed by atoms with E-state index in [1.807, 2.05) is 0 Å². The number of carbonyl (C=O) groups is 1. The van der Waals surface area contributed by atoms with E-state index in [0.29, 0.717) is 11.4 Å². The smallest absolute Gasteiger partial charge is 0.228 e. The van der Waals surface area contributed by atoms with E-state index in [9.17, 15) is 13.6 Å². The topological polar surface area (TPSA) is 20.3 Å². The van der Waals surface area contributed by atoms with E-state index in [1.165, 1.54) is 17.0 Å². The highest BCUT2D eigenvalue weighted by molar-refractivity contribution is 7.80. The van der Waals surface area contributed by atoms with Crippen molar-refractivity contribution in [2.24, 2.45) is 0 Å². The van der Waals surface area contributed by atoms with Gasteiger partial charge in [0.2, 0.25) is 5.91 Å². The van der Waals surface area contributed by atoms with Gasteiger partial charge in [0.25, 0.3) is 0 Å². The summed E-state index contributed by atoms with van der Waals surface area (Å²) in [6, 6.07) is 3.27. The number of nitrogens with zero attached hydrogens (tertiary/aromatic N) is 1. The molecule has 1 fully saturated rings. The molecule has 1 aliphatic carbocycles. The van der Waals surface area contributed by atoms with Gasteiger partial charge >= 0.3 is 0 Å². The van der Waals surface area contributed by atoms with Crippen LogP contribution in [0.3, 0.4) is 0 Å². The molecule has 0 atom stereocenters. The molecule has 2 nitrogen and oxygen atoms in total. The summed E-state index contributed by atoms with van der Waals surface area (Å²) in [6.07, 6.45) is 2.05. The molecule has 0 unspecified atom stereocenters. The van der Waals surface area contributed by atoms with Crippen LogP contribution in [0.15, 0.2) is 18.2 Å². The number of anilines is 1. The van der Waals surface area contributed by atoms with Crippen LogP contribution in [0.5, 0.6) is 0 Å². The summed E-state index contributed by atoms with van der Waals surface area (Å²) in [5, 5.41) is 0. The van der Waals surface area contributed by atoms with Crippen LogP contribution in [-0.4, -0.2) is 17.7 Å². The first kappa shape index (κ1) is 12.4. The van der Waals surface area contributed by atoms with Crippen molar-refractivity contribution in [1.82, 2.24) is 0 Å². The van der Waals surface area contributed by atoms with Crippen LogP contribution in [0.2, 0.25) is 0 Å². The fourth-order valence-electron chi connectivity index (χ4n) is 1.79. The summed E-state index contributed by atoms with van der Waals surface area (Å²) in [4.78, 5) is 13.4. The lowest BCUT2D eigenvalue weighted by Crippen LogP contribution is -2.33. The molecule has 0 radical (unpaired) electrons. The SMILES string of the molecule is O=C(CCS)N(c1cc(F)cc(F)c1)C1CC1. The molecule has 0 bridgehead atoms. The molecule has 0 aromatic heterocycles. The summed E-state index contributed by atoms with van der Waals surface area (Å²) in [5.41, 5.74) is 0.303. The van der Waals surface area contributed by atoms with Crippen molar-refractivity contribution in [3.05, 3.63) is 29.8 Å². The molecular formula is C12H13F2NOS. The van der Waals surface area contributed by atoms with Gasteiger partial charge < -0.3 is 4.90 Å². The van der Waals surface area contributed by atoms with Gasteiger partial charge in [0.05, 0.1) is 0 Å². The van der Waals surface area contributed by atoms with E-state index >= 15 is 0 Å². The Morgan fingerprint density at radius 1 is 1.29 bits per heavy atom. The number of amides is 1. The fraction of sp³-hybridized carbons (Fsp3) is 0.417. The molecule has 92 valence electrons. The molecule has 1 aromatic carbocycles. The molecule has 0 heterocycles. The first-order valence-corrected chi connectivity index (χ1v) is 6.14. The number of rotatable bonds is 4. The third-order valence-corrected chi connectivity index (χ3v) is 2.86. The molecule has 0 spiro atoms. The molecule has 0 saturated heterocycles. The van der Waals surface area contributed by atoms with Crippen LogP contribution in [0.1, 0.15) is 19.3 Å². The van der Waals surface area contributed by atoms with Gasteiger partial charge in [0.15, 0.2) is 0 Å². The van der Waals surface area contributed by atoms with Crippen LogP contribution < -0.4 is 4.90 Å². The number of benzene rings is 1. The van der Waals surface area contributed by atoms with Gasteiger partial charge in [-0.2, -0.15) is 12.6 Å². The van der Waals surface area contributed by atoms with Gasteiger partial charge in [-0.1, -0.05) is 0 Å². The third kappa shape index (κ3) is 2.97. The summed E-state index contributed by atoms with van der Waals surface area (Å²) in [5.74, 6) is -1.03. The number of hydrogen-bond acceptors (Lipinski definition) is 2. The maximum absolute atomic E-state index is 13.1. The molecule has 1 amide bonds. The molecule has 2 rings (SSSR count). The fourth-order valence-corrected chi connectivity index (χ4v) is 1.98. The van der Waals surface area contributed by atoms with Gasteiger partial charge in [-0.05, 0) is 30.7 Å². The molecule has 0 N–H and O–H groups in total. The standard InChI is InChI=1S/C12H13F2NOS/c13-8-5-9(14)7-11(6-8)15(10-1-2-10)12(16)3-4-17/h5-7,10,17H,1-4H2. The highest BCUT2D eigenvalue weighted by Gasteiger charge is 2.33. The first-order valence-electron chi connectivity index (χ1n) is 5.51. The predicted molar refractivity (Wildman–Crippen MR) is 65.3 cm³/mol. The van der Waals surface area contributed by atoms with Gasteiger partial charge in [0, 0.05) is 24.2 Å². The van der Waals surface area contributed by atoms with Crippen molar-refractivity contribution in [2.75, 3.05) is 10.7 Å². The lowest BCUT2D eigenvalue weighted by molar-refractivity contribution is -0.118. The minimum atomic E-state index is -0.663. The average Bonchev–Trinajstić information content (AvgIpc) is 3.01. The van der Waals surface area contributed by atoms with Crippen LogP contribution >= 0.6 is 12.6 Å². The van der Waals surface area contributed by atoms with Crippen molar-refractivity contribution in [3.8, 4) is 0 Å². The summed E-state index contributed by atoms with van der Waals surface area (Å²) in [7, 11) is 0. The van der Waals surface area contributed by atoms with Gasteiger partial charge in [-0.15, -0.1) is 0 Å². The maximum Gasteiger partial charge on any atom is 0.228 e. The predicted octanol–water partition coefficient (Wildman–Crippen LogP) is 2.78. The average molecular weight is 257 g/mol. The zero-order valence-corrected chi connectivity index (χ0v) is 10.1. The summed E-state index contributed by atoms with van der Waals surface area (Å²) < 4.78 is 26.3. The quantitative estimate of drug-likeness (QED) is 0.822. The minimum Gasteiger partial charge on any atom is -0.309 e. The van der Waals surface area contributed by atoms with Crippen LogP contribution in [0, 0.1) is 11.6 Å². The minimum absolute atomic E-state index is 0.0867. The molecule has 1 aliphatic rings. The van der Waals surface area contributed by atoms with E-state index < -0.39 is 11.6 Å². The second-order valence-corrected chi connectivity index (χ2v) is 4.54. The van der Waals surface area contributed by atoms with E-state index in [-0.39, 0.29) is 18.4 Å². The van der Waals surface area contributed by atoms with E-state index in [4.69, 9.17) is 0 Å². The Balaban J connectivity index is 2.28. The Kier molecular flexibility index (Phi) is 3.66. The second kappa shape index (κ2) is 5.04. The normalized spacial score (nSPS) is 14.8. The third-order valence-electron chi connectivity index (χ3n) is 2.63. The van der Waals surface area contributed by atoms with Crippen LogP contribution in [-0.2, 0) is 4.79 Å². The Morgan fingerprint density at radius 2 is 1.88 bits per heavy atom. The van der Waals surface area contributed by atoms with E-state index in [1.54, 1.807) is 0 Å². The molecule has 5 heteroatoms. The number of thiol groups is 1. The lowest BCUT2D eigenvalue weighted by atomic mass is 10.2. The largest absolute Gasteiger partial charge is 0.309 e. The number of hydrogen-bond donors (Lipinski definition) is 1. The summed E-state index contributed by atoms with van der Waals surface area (Å²) in [6.45, 7) is 0. The Hall–Kier alpha value is -1.10. The number of halogens is 2. The van der Waals surface area contributed by atoms with Gasteiger partial charge in [0.1, 0.15) is 11.6 Å². The maximum atomic E-state index is 13.1. The Morgan fingerprint density at radius 3 is 2.35 bits per heavy atom. The zero-order chi connectivity index (χ0) is 12.4.